The zero-order chi connectivity index (χ0) is 26.4. The molecule has 2 heterocycles. The summed E-state index contributed by atoms with van der Waals surface area (Å²) in [5.41, 5.74) is 4.33. The van der Waals surface area contributed by atoms with Gasteiger partial charge in [0.15, 0.2) is 17.3 Å². The molecule has 2 N–H and O–H groups in total. The average molecular weight is 506 g/mol. The van der Waals surface area contributed by atoms with Crippen LogP contribution in [0.15, 0.2) is 53.1 Å². The lowest BCUT2D eigenvalue weighted by Gasteiger charge is -2.31. The Balaban J connectivity index is 1.34. The maximum Gasteiger partial charge on any atom is 0.220 e. The van der Waals surface area contributed by atoms with Gasteiger partial charge in [0.25, 0.3) is 0 Å². The molecule has 1 fully saturated rings. The Morgan fingerprint density at radius 2 is 1.81 bits per heavy atom. The monoisotopic (exact) mass is 505 g/mol. The van der Waals surface area contributed by atoms with E-state index in [4.69, 9.17) is 14.0 Å². The minimum Gasteiger partial charge on any atom is -0.493 e. The fraction of sp³-hybridized carbons (Fsp3) is 0.467. The van der Waals surface area contributed by atoms with E-state index < -0.39 is 0 Å². The van der Waals surface area contributed by atoms with Gasteiger partial charge in [-0.2, -0.15) is 0 Å². The molecule has 0 saturated carbocycles. The number of piperidine rings is 1. The number of aromatic nitrogens is 1. The van der Waals surface area contributed by atoms with Gasteiger partial charge in [-0.15, -0.1) is 0 Å². The lowest BCUT2D eigenvalue weighted by Crippen LogP contribution is -2.40. The van der Waals surface area contributed by atoms with Crippen LogP contribution in [0.1, 0.15) is 50.4 Å². The van der Waals surface area contributed by atoms with Crippen molar-refractivity contribution in [3.05, 3.63) is 65.4 Å². The number of nitrogens with zero attached hydrogens (tertiary/aromatic N) is 1. The number of carbonyl (C=O) groups excluding carboxylic acids is 1. The highest BCUT2D eigenvalue weighted by Gasteiger charge is 2.28. The molecule has 4 rings (SSSR count). The minimum atomic E-state index is 0.0615. The Morgan fingerprint density at radius 1 is 1.05 bits per heavy atom. The van der Waals surface area contributed by atoms with Crippen molar-refractivity contribution in [1.29, 1.82) is 0 Å². The van der Waals surface area contributed by atoms with Crippen molar-refractivity contribution in [3.8, 4) is 22.8 Å². The molecule has 7 nitrogen and oxygen atoms in total. The smallest absolute Gasteiger partial charge is 0.220 e. The van der Waals surface area contributed by atoms with Crippen LogP contribution < -0.4 is 20.1 Å². The van der Waals surface area contributed by atoms with E-state index in [2.05, 4.69) is 60.8 Å². The molecule has 1 aromatic heterocycles. The predicted octanol–water partition coefficient (Wildman–Crippen LogP) is 5.13. The van der Waals surface area contributed by atoms with Crippen LogP contribution in [0.5, 0.6) is 11.5 Å². The van der Waals surface area contributed by atoms with E-state index in [0.717, 1.165) is 48.5 Å². The van der Waals surface area contributed by atoms with Gasteiger partial charge >= 0.3 is 0 Å². The van der Waals surface area contributed by atoms with Gasteiger partial charge in [-0.05, 0) is 66.4 Å². The van der Waals surface area contributed by atoms with Gasteiger partial charge in [0, 0.05) is 24.6 Å². The summed E-state index contributed by atoms with van der Waals surface area (Å²) in [6.07, 6.45) is 2.25. The van der Waals surface area contributed by atoms with Crippen LogP contribution in [-0.2, 0) is 23.2 Å². The molecule has 0 radical (unpaired) electrons. The van der Waals surface area contributed by atoms with Crippen molar-refractivity contribution in [2.24, 2.45) is 11.8 Å². The zero-order valence-electron chi connectivity index (χ0n) is 22.6. The second kappa shape index (κ2) is 11.8. The zero-order valence-corrected chi connectivity index (χ0v) is 22.6. The van der Waals surface area contributed by atoms with Crippen molar-refractivity contribution >= 4 is 5.91 Å². The van der Waals surface area contributed by atoms with Crippen LogP contribution in [-0.4, -0.2) is 38.4 Å². The van der Waals surface area contributed by atoms with E-state index in [1.165, 1.54) is 5.56 Å². The Bertz CT molecular complexity index is 1180. The standard InChI is InChI=1S/C30H39N3O4/c1-30(2,3)24-9-7-21(8-10-24)27-17-25(33-37-27)15-23-19-31-13-12-22(23)16-29(34)32-18-20-6-11-26(35-4)28(14-20)36-5/h6-11,14,17,22-23,31H,12-13,15-16,18-19H2,1-5H3,(H,32,34)/t22-,23-/m0/s1. The van der Waals surface area contributed by atoms with Gasteiger partial charge in [-0.25, -0.2) is 0 Å². The third-order valence-corrected chi connectivity index (χ3v) is 7.22. The van der Waals surface area contributed by atoms with Crippen LogP contribution in [0.2, 0.25) is 0 Å². The van der Waals surface area contributed by atoms with E-state index in [1.807, 2.05) is 24.3 Å². The summed E-state index contributed by atoms with van der Waals surface area (Å²) in [6.45, 7) is 8.87. The first-order chi connectivity index (χ1) is 17.8. The van der Waals surface area contributed by atoms with Crippen LogP contribution in [0, 0.1) is 11.8 Å². The molecule has 0 unspecified atom stereocenters. The number of methoxy groups -OCH3 is 2. The predicted molar refractivity (Wildman–Crippen MR) is 145 cm³/mol. The third-order valence-electron chi connectivity index (χ3n) is 7.22. The summed E-state index contributed by atoms with van der Waals surface area (Å²) < 4.78 is 16.3. The van der Waals surface area contributed by atoms with Crippen LogP contribution in [0.3, 0.4) is 0 Å². The highest BCUT2D eigenvalue weighted by Crippen LogP contribution is 2.30. The van der Waals surface area contributed by atoms with Crippen molar-refractivity contribution in [1.82, 2.24) is 15.8 Å². The Labute approximate surface area is 219 Å². The fourth-order valence-corrected chi connectivity index (χ4v) is 4.93. The summed E-state index contributed by atoms with van der Waals surface area (Å²) in [6, 6.07) is 16.2. The molecular formula is C30H39N3O4. The Kier molecular flexibility index (Phi) is 8.54. The van der Waals surface area contributed by atoms with E-state index in [1.54, 1.807) is 14.2 Å². The topological polar surface area (TPSA) is 85.6 Å². The number of hydrogen-bond donors (Lipinski definition) is 2. The molecule has 7 heteroatoms. The number of rotatable bonds is 9. The molecule has 37 heavy (non-hydrogen) atoms. The second-order valence-corrected chi connectivity index (χ2v) is 10.9. The van der Waals surface area contributed by atoms with Gasteiger partial charge in [0.2, 0.25) is 5.91 Å². The van der Waals surface area contributed by atoms with E-state index in [0.29, 0.717) is 30.4 Å². The highest BCUT2D eigenvalue weighted by atomic mass is 16.5. The van der Waals surface area contributed by atoms with Gasteiger partial charge < -0.3 is 24.6 Å². The Morgan fingerprint density at radius 3 is 2.51 bits per heavy atom. The molecule has 1 aliphatic heterocycles. The van der Waals surface area contributed by atoms with Gasteiger partial charge in [0.05, 0.1) is 19.9 Å². The van der Waals surface area contributed by atoms with E-state index in [9.17, 15) is 4.79 Å². The molecule has 0 spiro atoms. The normalized spacial score (nSPS) is 17.9. The number of ether oxygens (including phenoxy) is 2. The van der Waals surface area contributed by atoms with Crippen LogP contribution in [0.25, 0.3) is 11.3 Å². The van der Waals surface area contributed by atoms with Gasteiger partial charge in [-0.3, -0.25) is 4.79 Å². The van der Waals surface area contributed by atoms with Crippen molar-refractivity contribution < 1.29 is 18.8 Å². The second-order valence-electron chi connectivity index (χ2n) is 10.9. The maximum absolute atomic E-state index is 12.8. The SMILES string of the molecule is COc1ccc(CNC(=O)C[C@@H]2CCNC[C@@H]2Cc2cc(-c3ccc(C(C)(C)C)cc3)on2)cc1OC. The average Bonchev–Trinajstić information content (AvgIpc) is 3.36. The Hall–Kier alpha value is -3.32. The van der Waals surface area contributed by atoms with Gasteiger partial charge in [0.1, 0.15) is 0 Å². The molecule has 1 saturated heterocycles. The largest absolute Gasteiger partial charge is 0.493 e. The van der Waals surface area contributed by atoms with Crippen LogP contribution >= 0.6 is 0 Å². The summed E-state index contributed by atoms with van der Waals surface area (Å²) in [5.74, 6) is 2.78. The summed E-state index contributed by atoms with van der Waals surface area (Å²) in [5, 5.41) is 10.9. The first kappa shape index (κ1) is 26.7. The molecule has 2 atom stereocenters. The van der Waals surface area contributed by atoms with E-state index in [-0.39, 0.29) is 17.2 Å². The molecule has 1 aliphatic rings. The lowest BCUT2D eigenvalue weighted by molar-refractivity contribution is -0.122. The number of hydrogen-bond acceptors (Lipinski definition) is 6. The molecule has 0 aliphatic carbocycles. The summed E-state index contributed by atoms with van der Waals surface area (Å²) >= 11 is 0. The highest BCUT2D eigenvalue weighted by molar-refractivity contribution is 5.76. The summed E-state index contributed by atoms with van der Waals surface area (Å²) in [4.78, 5) is 12.8. The number of amides is 1. The maximum atomic E-state index is 12.8. The number of benzene rings is 2. The van der Waals surface area contributed by atoms with E-state index >= 15 is 0 Å². The molecular weight excluding hydrogens is 466 g/mol. The van der Waals surface area contributed by atoms with Crippen molar-refractivity contribution in [2.45, 2.75) is 52.0 Å². The summed E-state index contributed by atoms with van der Waals surface area (Å²) in [7, 11) is 3.22. The number of nitrogens with one attached hydrogen (secondary N) is 2. The lowest BCUT2D eigenvalue weighted by atomic mass is 9.81. The fourth-order valence-electron chi connectivity index (χ4n) is 4.93. The molecule has 2 aromatic carbocycles. The molecule has 0 bridgehead atoms. The quantitative estimate of drug-likeness (QED) is 0.419. The first-order valence-corrected chi connectivity index (χ1v) is 13.0. The minimum absolute atomic E-state index is 0.0615. The first-order valence-electron chi connectivity index (χ1n) is 13.0. The van der Waals surface area contributed by atoms with Gasteiger partial charge in [-0.1, -0.05) is 56.3 Å². The molecule has 1 amide bonds. The van der Waals surface area contributed by atoms with Crippen LogP contribution in [0.4, 0.5) is 0 Å². The number of carbonyl (C=O) groups is 1. The van der Waals surface area contributed by atoms with Crippen molar-refractivity contribution in [3.63, 3.8) is 0 Å². The molecule has 198 valence electrons. The third kappa shape index (κ3) is 6.92. The van der Waals surface area contributed by atoms with Crippen molar-refractivity contribution in [2.75, 3.05) is 27.3 Å². The molecule has 3 aromatic rings.